The Labute approximate surface area is 278 Å². The first-order chi connectivity index (χ1) is 22.6. The van der Waals surface area contributed by atoms with E-state index in [4.69, 9.17) is 9.47 Å². The van der Waals surface area contributed by atoms with Crippen molar-refractivity contribution in [1.29, 1.82) is 0 Å². The van der Waals surface area contributed by atoms with Gasteiger partial charge in [0, 0.05) is 28.4 Å². The summed E-state index contributed by atoms with van der Waals surface area (Å²) < 4.78 is 12.3. The molecule has 4 nitrogen and oxygen atoms in total. The van der Waals surface area contributed by atoms with Crippen molar-refractivity contribution >= 4 is 57.2 Å². The van der Waals surface area contributed by atoms with Crippen LogP contribution in [0.5, 0.6) is 11.5 Å². The molecule has 0 aromatic heterocycles. The Morgan fingerprint density at radius 2 is 1.28 bits per heavy atom. The number of anilines is 6. The second kappa shape index (κ2) is 9.25. The van der Waals surface area contributed by atoms with Crippen LogP contribution in [0, 0.1) is 17.8 Å². The second-order valence-electron chi connectivity index (χ2n) is 16.1. The maximum Gasteiger partial charge on any atom is 0.252 e. The molecule has 0 amide bonds. The van der Waals surface area contributed by atoms with Crippen molar-refractivity contribution in [2.45, 2.75) is 60.3 Å². The highest BCUT2D eigenvalue weighted by Crippen LogP contribution is 2.51. The summed E-state index contributed by atoms with van der Waals surface area (Å²) in [7, 11) is 0. The zero-order chi connectivity index (χ0) is 31.8. The minimum atomic E-state index is 0.0682. The van der Waals surface area contributed by atoms with E-state index in [-0.39, 0.29) is 18.9 Å². The number of benzene rings is 5. The van der Waals surface area contributed by atoms with Crippen molar-refractivity contribution in [2.24, 2.45) is 10.8 Å². The smallest absolute Gasteiger partial charge is 0.252 e. The topological polar surface area (TPSA) is 24.9 Å². The number of nitrogens with zero attached hydrogens (tertiary/aromatic N) is 2. The number of rotatable bonds is 2. The number of ether oxygens (including phenoxy) is 2. The van der Waals surface area contributed by atoms with E-state index in [1.54, 1.807) is 0 Å². The summed E-state index contributed by atoms with van der Waals surface area (Å²) in [6, 6.07) is 32.3. The summed E-state index contributed by atoms with van der Waals surface area (Å²) >= 11 is 0. The molecule has 5 heteroatoms. The lowest BCUT2D eigenvalue weighted by Crippen LogP contribution is -2.61. The van der Waals surface area contributed by atoms with Gasteiger partial charge in [-0.2, -0.15) is 0 Å². The van der Waals surface area contributed by atoms with Gasteiger partial charge >= 0.3 is 0 Å². The van der Waals surface area contributed by atoms with E-state index in [0.717, 1.165) is 48.6 Å². The highest BCUT2D eigenvalue weighted by molar-refractivity contribution is 7.00. The molecule has 47 heavy (non-hydrogen) atoms. The van der Waals surface area contributed by atoms with Crippen LogP contribution >= 0.6 is 0 Å². The number of aryl methyl sites for hydroxylation is 1. The lowest BCUT2D eigenvalue weighted by Gasteiger charge is -2.44. The van der Waals surface area contributed by atoms with Gasteiger partial charge in [-0.1, -0.05) is 64.1 Å². The Morgan fingerprint density at radius 3 is 2.04 bits per heavy atom. The normalized spacial score (nSPS) is 18.4. The number of hydrogen-bond donors (Lipinski definition) is 0. The molecule has 0 atom stereocenters. The minimum absolute atomic E-state index is 0.0682. The van der Waals surface area contributed by atoms with Crippen molar-refractivity contribution in [3.05, 3.63) is 113 Å². The van der Waals surface area contributed by atoms with Gasteiger partial charge in [0.2, 0.25) is 6.79 Å². The molecule has 3 aliphatic heterocycles. The summed E-state index contributed by atoms with van der Waals surface area (Å²) in [5, 5.41) is 0. The summed E-state index contributed by atoms with van der Waals surface area (Å²) in [5.74, 6) is 1.66. The number of fused-ring (bicyclic) bond motifs is 8. The van der Waals surface area contributed by atoms with Crippen LogP contribution in [0.3, 0.4) is 0 Å². The van der Waals surface area contributed by atoms with Gasteiger partial charge < -0.3 is 19.3 Å². The van der Waals surface area contributed by atoms with E-state index in [2.05, 4.69) is 129 Å². The van der Waals surface area contributed by atoms with Crippen molar-refractivity contribution in [1.82, 2.24) is 0 Å². The molecule has 232 valence electrons. The third-order valence-electron chi connectivity index (χ3n) is 11.2. The molecule has 10 rings (SSSR count). The molecular weight excluding hydrogens is 575 g/mol. The Hall–Kier alpha value is -4.64. The second-order valence-corrected chi connectivity index (χ2v) is 16.1. The molecule has 0 unspecified atom stereocenters. The average molecular weight is 615 g/mol. The van der Waals surface area contributed by atoms with Gasteiger partial charge in [0.1, 0.15) is 0 Å². The number of para-hydroxylation sites is 1. The standard InChI is InChI=1S/C42H39BN2O2/c1-25-15-35-38-36(16-25)45(30-9-7-6-8-10-30)39-32(13-14-37-40(39)47-24-46-37)43(38)33-18-28-22-42(4,5)23-29(28)19-34(33)44(35)31-12-11-26-20-41(2,3)21-27(26)17-31/h6-19H,20-24H2,1-5H3. The maximum absolute atomic E-state index is 6.30. The van der Waals surface area contributed by atoms with Crippen molar-refractivity contribution in [2.75, 3.05) is 16.6 Å². The average Bonchev–Trinajstić information content (AvgIpc) is 3.72. The summed E-state index contributed by atoms with van der Waals surface area (Å²) in [4.78, 5) is 5.02. The molecule has 2 aliphatic carbocycles. The number of hydrogen-bond acceptors (Lipinski definition) is 4. The van der Waals surface area contributed by atoms with Crippen LogP contribution in [0.25, 0.3) is 0 Å². The van der Waals surface area contributed by atoms with Crippen LogP contribution in [0.4, 0.5) is 34.1 Å². The van der Waals surface area contributed by atoms with Crippen LogP contribution in [0.2, 0.25) is 0 Å². The first kappa shape index (κ1) is 27.5. The maximum atomic E-state index is 6.30. The SMILES string of the molecule is Cc1cc2c3c(c1)N(c1ccccc1)c1c(ccc4c1OCO4)B3c1cc3c(cc1N2c1ccc2c(c1)CC(C)(C)C2)CC(C)(C)C3. The minimum Gasteiger partial charge on any atom is -0.454 e. The Bertz CT molecular complexity index is 2170. The fourth-order valence-corrected chi connectivity index (χ4v) is 9.44. The predicted molar refractivity (Wildman–Crippen MR) is 194 cm³/mol. The molecule has 5 aromatic carbocycles. The van der Waals surface area contributed by atoms with Crippen LogP contribution < -0.4 is 35.7 Å². The van der Waals surface area contributed by atoms with Crippen LogP contribution in [0.1, 0.15) is 55.5 Å². The Balaban J connectivity index is 1.29. The van der Waals surface area contributed by atoms with Crippen molar-refractivity contribution in [3.63, 3.8) is 0 Å². The quantitative estimate of drug-likeness (QED) is 0.184. The molecule has 5 aliphatic rings. The molecule has 0 N–H and O–H groups in total. The molecule has 0 spiro atoms. The van der Waals surface area contributed by atoms with Crippen molar-refractivity contribution in [3.8, 4) is 11.5 Å². The summed E-state index contributed by atoms with van der Waals surface area (Å²) in [6.07, 6.45) is 4.47. The van der Waals surface area contributed by atoms with Gasteiger partial charge in [0.25, 0.3) is 6.71 Å². The molecule has 0 radical (unpaired) electrons. The molecule has 3 heterocycles. The predicted octanol–water partition coefficient (Wildman–Crippen LogP) is 8.06. The lowest BCUT2D eigenvalue weighted by atomic mass is 9.33. The van der Waals surface area contributed by atoms with Gasteiger partial charge in [-0.3, -0.25) is 0 Å². The van der Waals surface area contributed by atoms with E-state index in [1.165, 1.54) is 67.0 Å². The largest absolute Gasteiger partial charge is 0.454 e. The third kappa shape index (κ3) is 3.95. The van der Waals surface area contributed by atoms with Crippen LogP contribution in [-0.4, -0.2) is 13.5 Å². The van der Waals surface area contributed by atoms with Crippen LogP contribution in [0.15, 0.2) is 84.9 Å². The summed E-state index contributed by atoms with van der Waals surface area (Å²) in [6.45, 7) is 12.2. The third-order valence-corrected chi connectivity index (χ3v) is 11.2. The monoisotopic (exact) mass is 614 g/mol. The van der Waals surface area contributed by atoms with Gasteiger partial charge in [-0.05, 0) is 136 Å². The summed E-state index contributed by atoms with van der Waals surface area (Å²) in [5.41, 5.74) is 19.0. The van der Waals surface area contributed by atoms with Gasteiger partial charge in [0.05, 0.1) is 5.69 Å². The highest BCUT2D eigenvalue weighted by Gasteiger charge is 2.46. The van der Waals surface area contributed by atoms with E-state index in [1.807, 2.05) is 0 Å². The van der Waals surface area contributed by atoms with E-state index < -0.39 is 0 Å². The molecule has 0 saturated carbocycles. The molecule has 0 fully saturated rings. The zero-order valence-corrected chi connectivity index (χ0v) is 27.9. The van der Waals surface area contributed by atoms with Gasteiger partial charge in [-0.15, -0.1) is 0 Å². The van der Waals surface area contributed by atoms with Crippen molar-refractivity contribution < 1.29 is 9.47 Å². The fraction of sp³-hybridized carbons (Fsp3) is 0.286. The molecule has 5 aromatic rings. The fourth-order valence-electron chi connectivity index (χ4n) is 9.44. The van der Waals surface area contributed by atoms with E-state index in [9.17, 15) is 0 Å². The van der Waals surface area contributed by atoms with Gasteiger partial charge in [-0.25, -0.2) is 0 Å². The first-order valence-corrected chi connectivity index (χ1v) is 17.1. The van der Waals surface area contributed by atoms with Gasteiger partial charge in [0.15, 0.2) is 11.5 Å². The van der Waals surface area contributed by atoms with E-state index >= 15 is 0 Å². The van der Waals surface area contributed by atoms with E-state index in [0.29, 0.717) is 5.41 Å². The zero-order valence-electron chi connectivity index (χ0n) is 27.9. The van der Waals surface area contributed by atoms with Crippen LogP contribution in [-0.2, 0) is 25.7 Å². The first-order valence-electron chi connectivity index (χ1n) is 17.1. The molecule has 0 bridgehead atoms. The Morgan fingerprint density at radius 1 is 0.596 bits per heavy atom. The highest BCUT2D eigenvalue weighted by atomic mass is 16.7. The molecular formula is C42H39BN2O2. The Kier molecular flexibility index (Phi) is 5.41. The molecule has 0 saturated heterocycles. The lowest BCUT2D eigenvalue weighted by molar-refractivity contribution is 0.174.